The van der Waals surface area contributed by atoms with Crippen molar-refractivity contribution in [1.29, 1.82) is 5.26 Å². The van der Waals surface area contributed by atoms with E-state index in [1.807, 2.05) is 18.2 Å². The van der Waals surface area contributed by atoms with Crippen LogP contribution in [-0.2, 0) is 0 Å². The van der Waals surface area contributed by atoms with Gasteiger partial charge in [-0.25, -0.2) is 9.10 Å². The molecule has 0 unspecified atom stereocenters. The Morgan fingerprint density at radius 1 is 1.07 bits per heavy atom. The molecule has 2 rings (SSSR count). The first kappa shape index (κ1) is 23.5. The minimum Gasteiger partial charge on any atom is -0.478 e. The fraction of sp³-hybridized carbons (Fsp3) is 0.348. The molecule has 2 N–H and O–H groups in total. The van der Waals surface area contributed by atoms with Gasteiger partial charge in [-0.1, -0.05) is 27.7 Å². The van der Waals surface area contributed by atoms with Crippen LogP contribution in [0.4, 0.5) is 5.69 Å². The van der Waals surface area contributed by atoms with Gasteiger partial charge in [0, 0.05) is 23.5 Å². The first-order valence-corrected chi connectivity index (χ1v) is 10.6. The zero-order valence-corrected chi connectivity index (χ0v) is 18.5. The number of benzene rings is 2. The van der Waals surface area contributed by atoms with E-state index >= 15 is 0 Å². The number of amides is 1. The van der Waals surface area contributed by atoms with Gasteiger partial charge < -0.3 is 10.4 Å². The van der Waals surface area contributed by atoms with Crippen molar-refractivity contribution in [2.45, 2.75) is 32.6 Å². The second-order valence-corrected chi connectivity index (χ2v) is 9.05. The number of hydrogen-bond donors (Lipinski definition) is 2. The quantitative estimate of drug-likeness (QED) is 0.541. The van der Waals surface area contributed by atoms with Gasteiger partial charge in [-0.15, -0.1) is 0 Å². The van der Waals surface area contributed by atoms with Gasteiger partial charge in [0.1, 0.15) is 0 Å². The predicted molar refractivity (Wildman–Crippen MR) is 120 cm³/mol. The van der Waals surface area contributed by atoms with E-state index in [9.17, 15) is 14.7 Å². The number of carboxylic acids is 1. The Kier molecular flexibility index (Phi) is 8.46. The number of nitrogens with zero attached hydrogens (tertiary/aromatic N) is 2. The van der Waals surface area contributed by atoms with E-state index in [0.29, 0.717) is 17.4 Å². The molecule has 0 fully saturated rings. The summed E-state index contributed by atoms with van der Waals surface area (Å²) < 4.78 is 2.33. The summed E-state index contributed by atoms with van der Waals surface area (Å²) >= 11 is 1.67. The summed E-state index contributed by atoms with van der Waals surface area (Å²) in [5.41, 5.74) is 0.691. The highest BCUT2D eigenvalue weighted by molar-refractivity contribution is 7.97. The molecule has 1 amide bonds. The molecule has 0 aliphatic heterocycles. The van der Waals surface area contributed by atoms with Gasteiger partial charge in [-0.05, 0) is 66.2 Å². The molecule has 0 saturated heterocycles. The number of rotatable bonds is 9. The van der Waals surface area contributed by atoms with E-state index < -0.39 is 11.9 Å². The van der Waals surface area contributed by atoms with Crippen molar-refractivity contribution in [1.82, 2.24) is 4.31 Å². The molecule has 158 valence electrons. The van der Waals surface area contributed by atoms with E-state index in [0.717, 1.165) is 18.0 Å². The summed E-state index contributed by atoms with van der Waals surface area (Å²) in [5, 5.41) is 20.9. The normalized spacial score (nSPS) is 11.0. The molecule has 2 aromatic carbocycles. The minimum absolute atomic E-state index is 0.118. The number of carbonyl (C=O) groups is 2. The van der Waals surface area contributed by atoms with Crippen LogP contribution in [0.25, 0.3) is 0 Å². The molecule has 0 aliphatic carbocycles. The summed E-state index contributed by atoms with van der Waals surface area (Å²) in [4.78, 5) is 25.1. The zero-order valence-electron chi connectivity index (χ0n) is 17.7. The maximum absolute atomic E-state index is 12.6. The van der Waals surface area contributed by atoms with E-state index in [2.05, 4.69) is 37.3 Å². The number of anilines is 1. The lowest BCUT2D eigenvalue weighted by Gasteiger charge is -2.24. The van der Waals surface area contributed by atoms with Crippen molar-refractivity contribution in [3.8, 4) is 6.07 Å². The maximum Gasteiger partial charge on any atom is 0.337 e. The van der Waals surface area contributed by atoms with Crippen LogP contribution in [0.3, 0.4) is 0 Å². The molecule has 7 heteroatoms. The Bertz CT molecular complexity index is 924. The maximum atomic E-state index is 12.6. The molecule has 2 aromatic rings. The number of aromatic carboxylic acids is 1. The molecule has 0 bridgehead atoms. The van der Waals surface area contributed by atoms with E-state index in [1.165, 1.54) is 18.2 Å². The smallest absolute Gasteiger partial charge is 0.337 e. The first-order chi connectivity index (χ1) is 14.2. The SMILES string of the molecule is CC(C)CN(CC(C)C)Sc1ccc(C(=O)Nc2ccc(C#N)cc2C(=O)O)cc1. The Morgan fingerprint density at radius 3 is 2.17 bits per heavy atom. The molecule has 0 heterocycles. The third-order valence-corrected chi connectivity index (χ3v) is 5.16. The van der Waals surface area contributed by atoms with Gasteiger partial charge in [0.15, 0.2) is 0 Å². The molecular formula is C23H27N3O3S. The molecule has 6 nitrogen and oxygen atoms in total. The van der Waals surface area contributed by atoms with Crippen molar-refractivity contribution in [3.05, 3.63) is 59.2 Å². The highest BCUT2D eigenvalue weighted by Gasteiger charge is 2.15. The van der Waals surface area contributed by atoms with Crippen molar-refractivity contribution < 1.29 is 14.7 Å². The van der Waals surface area contributed by atoms with Crippen LogP contribution in [-0.4, -0.2) is 34.4 Å². The minimum atomic E-state index is -1.20. The van der Waals surface area contributed by atoms with Crippen LogP contribution < -0.4 is 5.32 Å². The summed E-state index contributed by atoms with van der Waals surface area (Å²) in [6.07, 6.45) is 0. The van der Waals surface area contributed by atoms with Gasteiger partial charge in [-0.3, -0.25) is 4.79 Å². The van der Waals surface area contributed by atoms with Crippen LogP contribution >= 0.6 is 11.9 Å². The third kappa shape index (κ3) is 6.90. The lowest BCUT2D eigenvalue weighted by molar-refractivity contribution is 0.0698. The Balaban J connectivity index is 2.12. The number of carboxylic acid groups (broad SMARTS) is 1. The summed E-state index contributed by atoms with van der Waals surface area (Å²) in [7, 11) is 0. The van der Waals surface area contributed by atoms with Gasteiger partial charge >= 0.3 is 5.97 Å². The summed E-state index contributed by atoms with van der Waals surface area (Å²) in [6, 6.07) is 13.3. The molecule has 30 heavy (non-hydrogen) atoms. The van der Waals surface area contributed by atoms with Crippen LogP contribution in [0.5, 0.6) is 0 Å². The van der Waals surface area contributed by atoms with Gasteiger partial charge in [-0.2, -0.15) is 5.26 Å². The summed E-state index contributed by atoms with van der Waals surface area (Å²) in [6.45, 7) is 10.7. The van der Waals surface area contributed by atoms with Crippen LogP contribution in [0, 0.1) is 23.2 Å². The largest absolute Gasteiger partial charge is 0.478 e. The predicted octanol–water partition coefficient (Wildman–Crippen LogP) is 5.13. The summed E-state index contributed by atoms with van der Waals surface area (Å²) in [5.74, 6) is -0.501. The standard InChI is InChI=1S/C23H27N3O3S/c1-15(2)13-26(14-16(3)4)30-19-8-6-18(7-9-19)22(27)25-21-10-5-17(12-24)11-20(21)23(28)29/h5-11,15-16H,13-14H2,1-4H3,(H,25,27)(H,28,29). The lowest BCUT2D eigenvalue weighted by atomic mass is 10.1. The van der Waals surface area contributed by atoms with Gasteiger partial charge in [0.25, 0.3) is 5.91 Å². The molecular weight excluding hydrogens is 398 g/mol. The number of nitrogens with one attached hydrogen (secondary N) is 1. The first-order valence-electron chi connectivity index (χ1n) is 9.81. The van der Waals surface area contributed by atoms with Crippen molar-refractivity contribution in [3.63, 3.8) is 0 Å². The number of hydrogen-bond acceptors (Lipinski definition) is 5. The topological polar surface area (TPSA) is 93.4 Å². The second kappa shape index (κ2) is 10.8. The third-order valence-electron chi connectivity index (χ3n) is 4.12. The highest BCUT2D eigenvalue weighted by atomic mass is 32.2. The second-order valence-electron chi connectivity index (χ2n) is 7.88. The van der Waals surface area contributed by atoms with Gasteiger partial charge in [0.05, 0.1) is 22.9 Å². The van der Waals surface area contributed by atoms with E-state index in [-0.39, 0.29) is 16.8 Å². The molecule has 0 saturated carbocycles. The Labute approximate surface area is 182 Å². The molecule has 0 radical (unpaired) electrons. The molecule has 0 aromatic heterocycles. The average Bonchev–Trinajstić information content (AvgIpc) is 2.67. The molecule has 0 atom stereocenters. The Morgan fingerprint density at radius 2 is 1.67 bits per heavy atom. The lowest BCUT2D eigenvalue weighted by Crippen LogP contribution is -2.25. The fourth-order valence-electron chi connectivity index (χ4n) is 2.87. The van der Waals surface area contributed by atoms with E-state index in [1.54, 1.807) is 24.1 Å². The molecule has 0 aliphatic rings. The van der Waals surface area contributed by atoms with Crippen molar-refractivity contribution in [2.75, 3.05) is 18.4 Å². The van der Waals surface area contributed by atoms with Crippen LogP contribution in [0.1, 0.15) is 54.0 Å². The van der Waals surface area contributed by atoms with Gasteiger partial charge in [0.2, 0.25) is 0 Å². The fourth-order valence-corrected chi connectivity index (χ4v) is 4.18. The zero-order chi connectivity index (χ0) is 22.3. The van der Waals surface area contributed by atoms with Crippen LogP contribution in [0.15, 0.2) is 47.4 Å². The monoisotopic (exact) mass is 425 g/mol. The average molecular weight is 426 g/mol. The Hall–Kier alpha value is -2.82. The number of carbonyl (C=O) groups excluding carboxylic acids is 1. The van der Waals surface area contributed by atoms with E-state index in [4.69, 9.17) is 5.26 Å². The van der Waals surface area contributed by atoms with Crippen LogP contribution in [0.2, 0.25) is 0 Å². The van der Waals surface area contributed by atoms with Crippen molar-refractivity contribution in [2.24, 2.45) is 11.8 Å². The van der Waals surface area contributed by atoms with Crippen molar-refractivity contribution >= 4 is 29.5 Å². The highest BCUT2D eigenvalue weighted by Crippen LogP contribution is 2.26. The number of nitriles is 1. The molecule has 0 spiro atoms.